The van der Waals surface area contributed by atoms with Gasteiger partial charge in [0.2, 0.25) is 0 Å². The van der Waals surface area contributed by atoms with Crippen molar-refractivity contribution < 1.29 is 9.90 Å². The first kappa shape index (κ1) is 13.6. The van der Waals surface area contributed by atoms with Crippen molar-refractivity contribution in [2.75, 3.05) is 6.61 Å². The molecule has 1 aromatic rings. The fraction of sp³-hybridized carbons (Fsp3) is 0.643. The minimum Gasteiger partial charge on any atom is -0.394 e. The summed E-state index contributed by atoms with van der Waals surface area (Å²) in [6.07, 6.45) is 4.99. The molecule has 1 aliphatic carbocycles. The predicted octanol–water partition coefficient (Wildman–Crippen LogP) is 2.65. The van der Waals surface area contributed by atoms with Crippen LogP contribution in [0.5, 0.6) is 0 Å². The normalized spacial score (nSPS) is 17.3. The van der Waals surface area contributed by atoms with E-state index in [0.717, 1.165) is 37.0 Å². The zero-order valence-corrected chi connectivity index (χ0v) is 11.9. The summed E-state index contributed by atoms with van der Waals surface area (Å²) in [7, 11) is 0. The molecule has 0 unspecified atom stereocenters. The molecule has 0 atom stereocenters. The largest absolute Gasteiger partial charge is 0.394 e. The molecular formula is C14H21NO2S. The highest BCUT2D eigenvalue weighted by Gasteiger charge is 2.38. The summed E-state index contributed by atoms with van der Waals surface area (Å²) in [5.41, 5.74) is 0.930. The fourth-order valence-electron chi connectivity index (χ4n) is 2.38. The molecule has 1 fully saturated rings. The van der Waals surface area contributed by atoms with E-state index in [2.05, 4.69) is 19.2 Å². The summed E-state index contributed by atoms with van der Waals surface area (Å²) in [5.74, 6) is -0.0285. The van der Waals surface area contributed by atoms with E-state index in [1.807, 2.05) is 6.07 Å². The van der Waals surface area contributed by atoms with Gasteiger partial charge in [-0.25, -0.2) is 0 Å². The molecule has 1 aliphatic rings. The zero-order chi connectivity index (χ0) is 13.2. The Morgan fingerprint density at radius 3 is 2.78 bits per heavy atom. The topological polar surface area (TPSA) is 49.3 Å². The van der Waals surface area contributed by atoms with E-state index >= 15 is 0 Å². The van der Waals surface area contributed by atoms with Gasteiger partial charge in [0.05, 0.1) is 17.0 Å². The average Bonchev–Trinajstić information content (AvgIpc) is 2.66. The number of hydrogen-bond donors (Lipinski definition) is 2. The number of thiophene rings is 1. The minimum atomic E-state index is -0.347. The van der Waals surface area contributed by atoms with Crippen molar-refractivity contribution in [3.8, 4) is 0 Å². The first-order valence-electron chi connectivity index (χ1n) is 6.63. The van der Waals surface area contributed by atoms with E-state index in [1.165, 1.54) is 10.4 Å². The lowest BCUT2D eigenvalue weighted by Crippen LogP contribution is -2.56. The van der Waals surface area contributed by atoms with Gasteiger partial charge in [-0.15, -0.1) is 11.3 Å². The summed E-state index contributed by atoms with van der Waals surface area (Å²) < 4.78 is 0. The number of aliphatic hydroxyl groups excluding tert-OH is 1. The summed E-state index contributed by atoms with van der Waals surface area (Å²) in [6, 6.07) is 2.00. The van der Waals surface area contributed by atoms with Crippen LogP contribution in [-0.4, -0.2) is 23.2 Å². The molecule has 18 heavy (non-hydrogen) atoms. The second kappa shape index (κ2) is 5.41. The molecular weight excluding hydrogens is 246 g/mol. The molecule has 0 aromatic carbocycles. The number of carbonyl (C=O) groups is 1. The molecule has 1 aromatic heterocycles. The van der Waals surface area contributed by atoms with Crippen LogP contribution in [0.25, 0.3) is 0 Å². The lowest BCUT2D eigenvalue weighted by Gasteiger charge is -2.40. The average molecular weight is 267 g/mol. The van der Waals surface area contributed by atoms with Gasteiger partial charge < -0.3 is 10.4 Å². The maximum absolute atomic E-state index is 12.2. The van der Waals surface area contributed by atoms with Crippen LogP contribution in [0.2, 0.25) is 0 Å². The molecule has 4 heteroatoms. The number of carbonyl (C=O) groups excluding carboxylic acids is 1. The van der Waals surface area contributed by atoms with E-state index in [1.54, 1.807) is 11.3 Å². The van der Waals surface area contributed by atoms with Gasteiger partial charge in [0.25, 0.3) is 5.91 Å². The second-order valence-electron chi connectivity index (χ2n) is 5.19. The molecule has 0 aliphatic heterocycles. The van der Waals surface area contributed by atoms with Gasteiger partial charge in [-0.05, 0) is 44.2 Å². The number of rotatable bonds is 5. The number of aliphatic hydroxyl groups is 1. The molecule has 3 nitrogen and oxygen atoms in total. The Morgan fingerprint density at radius 2 is 2.28 bits per heavy atom. The van der Waals surface area contributed by atoms with Crippen LogP contribution in [0.15, 0.2) is 6.07 Å². The lowest BCUT2D eigenvalue weighted by atomic mass is 9.77. The van der Waals surface area contributed by atoms with Crippen LogP contribution < -0.4 is 5.32 Å². The predicted molar refractivity (Wildman–Crippen MR) is 74.2 cm³/mol. The van der Waals surface area contributed by atoms with Crippen LogP contribution >= 0.6 is 11.3 Å². The van der Waals surface area contributed by atoms with Crippen molar-refractivity contribution in [1.82, 2.24) is 5.32 Å². The van der Waals surface area contributed by atoms with Crippen LogP contribution in [0, 0.1) is 6.92 Å². The summed E-state index contributed by atoms with van der Waals surface area (Å²) in [4.78, 5) is 14.2. The maximum atomic E-state index is 12.2. The van der Waals surface area contributed by atoms with Crippen LogP contribution in [0.4, 0.5) is 0 Å². The molecule has 1 amide bonds. The molecule has 2 N–H and O–H groups in total. The first-order chi connectivity index (χ1) is 8.60. The van der Waals surface area contributed by atoms with E-state index in [4.69, 9.17) is 0 Å². The van der Waals surface area contributed by atoms with Crippen molar-refractivity contribution in [1.29, 1.82) is 0 Å². The standard InChI is InChI=1S/C14H21NO2S/c1-3-5-11-8-12(18-10(11)2)13(17)15-14(9-16)6-4-7-14/h8,16H,3-7,9H2,1-2H3,(H,15,17). The van der Waals surface area contributed by atoms with Gasteiger partial charge >= 0.3 is 0 Å². The number of hydrogen-bond acceptors (Lipinski definition) is 3. The Morgan fingerprint density at radius 1 is 1.56 bits per heavy atom. The van der Waals surface area contributed by atoms with Gasteiger partial charge in [-0.2, -0.15) is 0 Å². The third-order valence-corrected chi connectivity index (χ3v) is 4.85. The Hall–Kier alpha value is -0.870. The monoisotopic (exact) mass is 267 g/mol. The van der Waals surface area contributed by atoms with Crippen LogP contribution in [0.3, 0.4) is 0 Å². The number of amides is 1. The highest BCUT2D eigenvalue weighted by atomic mass is 32.1. The highest BCUT2D eigenvalue weighted by Crippen LogP contribution is 2.32. The van der Waals surface area contributed by atoms with Crippen molar-refractivity contribution in [3.05, 3.63) is 21.4 Å². The molecule has 100 valence electrons. The van der Waals surface area contributed by atoms with Crippen LogP contribution in [-0.2, 0) is 6.42 Å². The Balaban J connectivity index is 2.06. The van der Waals surface area contributed by atoms with Gasteiger partial charge in [0, 0.05) is 4.88 Å². The van der Waals surface area contributed by atoms with Crippen molar-refractivity contribution in [3.63, 3.8) is 0 Å². The first-order valence-corrected chi connectivity index (χ1v) is 7.44. The lowest BCUT2D eigenvalue weighted by molar-refractivity contribution is 0.0645. The second-order valence-corrected chi connectivity index (χ2v) is 6.44. The summed E-state index contributed by atoms with van der Waals surface area (Å²) in [5, 5.41) is 12.4. The molecule has 1 saturated carbocycles. The maximum Gasteiger partial charge on any atom is 0.261 e. The van der Waals surface area contributed by atoms with E-state index in [-0.39, 0.29) is 18.1 Å². The quantitative estimate of drug-likeness (QED) is 0.861. The molecule has 0 bridgehead atoms. The van der Waals surface area contributed by atoms with Crippen molar-refractivity contribution >= 4 is 17.2 Å². The molecule has 0 saturated heterocycles. The highest BCUT2D eigenvalue weighted by molar-refractivity contribution is 7.14. The fourth-order valence-corrected chi connectivity index (χ4v) is 3.34. The van der Waals surface area contributed by atoms with Gasteiger partial charge in [0.15, 0.2) is 0 Å². The molecule has 2 rings (SSSR count). The number of aryl methyl sites for hydroxylation is 2. The smallest absolute Gasteiger partial charge is 0.261 e. The summed E-state index contributed by atoms with van der Waals surface area (Å²) in [6.45, 7) is 4.26. The van der Waals surface area contributed by atoms with Crippen molar-refractivity contribution in [2.45, 2.75) is 51.5 Å². The van der Waals surface area contributed by atoms with E-state index < -0.39 is 0 Å². The minimum absolute atomic E-state index is 0.0285. The third-order valence-electron chi connectivity index (χ3n) is 3.76. The van der Waals surface area contributed by atoms with Crippen LogP contribution in [0.1, 0.15) is 52.7 Å². The van der Waals surface area contributed by atoms with Crippen molar-refractivity contribution in [2.24, 2.45) is 0 Å². The van der Waals surface area contributed by atoms with E-state index in [0.29, 0.717) is 0 Å². The third kappa shape index (κ3) is 2.59. The molecule has 0 spiro atoms. The zero-order valence-electron chi connectivity index (χ0n) is 11.1. The Bertz CT molecular complexity index is 429. The van der Waals surface area contributed by atoms with Gasteiger partial charge in [-0.3, -0.25) is 4.79 Å². The number of nitrogens with one attached hydrogen (secondary N) is 1. The SMILES string of the molecule is CCCc1cc(C(=O)NC2(CO)CCC2)sc1C. The molecule has 1 heterocycles. The van der Waals surface area contributed by atoms with E-state index in [9.17, 15) is 9.90 Å². The van der Waals surface area contributed by atoms with Gasteiger partial charge in [-0.1, -0.05) is 13.3 Å². The van der Waals surface area contributed by atoms with Gasteiger partial charge in [0.1, 0.15) is 0 Å². The summed E-state index contributed by atoms with van der Waals surface area (Å²) >= 11 is 1.55. The Kier molecular flexibility index (Phi) is 4.07. The Labute approximate surface area is 112 Å². The molecule has 0 radical (unpaired) electrons.